The van der Waals surface area contributed by atoms with Crippen molar-refractivity contribution in [2.24, 2.45) is 5.41 Å². The van der Waals surface area contributed by atoms with Crippen LogP contribution >= 0.6 is 0 Å². The summed E-state index contributed by atoms with van der Waals surface area (Å²) in [6.07, 6.45) is 8.76. The summed E-state index contributed by atoms with van der Waals surface area (Å²) in [6.45, 7) is 3.61. The molecule has 54 valence electrons. The zero-order chi connectivity index (χ0) is 7.61. The van der Waals surface area contributed by atoms with Gasteiger partial charge in [0.15, 0.2) is 0 Å². The van der Waals surface area contributed by atoms with Crippen molar-refractivity contribution in [3.63, 3.8) is 0 Å². The Morgan fingerprint density at radius 3 is 2.50 bits per heavy atom. The monoisotopic (exact) mass is 136 g/mol. The highest BCUT2D eigenvalue weighted by molar-refractivity contribution is 5.84. The minimum atomic E-state index is -0.227. The van der Waals surface area contributed by atoms with Crippen LogP contribution in [0.2, 0.25) is 0 Å². The lowest BCUT2D eigenvalue weighted by Crippen LogP contribution is -2.22. The highest BCUT2D eigenvalue weighted by atomic mass is 16.1. The molecule has 1 atom stereocenters. The van der Waals surface area contributed by atoms with Crippen molar-refractivity contribution in [2.75, 3.05) is 0 Å². The van der Waals surface area contributed by atoms with Gasteiger partial charge < -0.3 is 0 Å². The van der Waals surface area contributed by atoms with E-state index in [4.69, 9.17) is 0 Å². The number of carbonyl (C=O) groups is 1. The first-order valence-corrected chi connectivity index (χ1v) is 3.50. The van der Waals surface area contributed by atoms with Gasteiger partial charge in [-0.1, -0.05) is 24.3 Å². The average Bonchev–Trinajstić information content (AvgIpc) is 1.89. The fourth-order valence-electron chi connectivity index (χ4n) is 0.988. The zero-order valence-electron chi connectivity index (χ0n) is 6.42. The quantitative estimate of drug-likeness (QED) is 0.539. The number of carbonyl (C=O) groups excluding carboxylic acids is 1. The summed E-state index contributed by atoms with van der Waals surface area (Å²) in [4.78, 5) is 11.0. The molecule has 0 heterocycles. The van der Waals surface area contributed by atoms with Crippen LogP contribution in [0.3, 0.4) is 0 Å². The van der Waals surface area contributed by atoms with Gasteiger partial charge in [-0.3, -0.25) is 4.79 Å². The third kappa shape index (κ3) is 1.18. The lowest BCUT2D eigenvalue weighted by Gasteiger charge is -2.22. The van der Waals surface area contributed by atoms with Gasteiger partial charge >= 0.3 is 0 Å². The van der Waals surface area contributed by atoms with Crippen molar-refractivity contribution in [3.8, 4) is 0 Å². The van der Waals surface area contributed by atoms with Gasteiger partial charge in [-0.05, 0) is 20.3 Å². The lowest BCUT2D eigenvalue weighted by molar-refractivity contribution is -0.123. The summed E-state index contributed by atoms with van der Waals surface area (Å²) in [5.74, 6) is 0.244. The molecule has 1 rings (SSSR count). The summed E-state index contributed by atoms with van der Waals surface area (Å²) in [5.41, 5.74) is -0.227. The van der Waals surface area contributed by atoms with E-state index in [-0.39, 0.29) is 11.2 Å². The van der Waals surface area contributed by atoms with Crippen LogP contribution in [0, 0.1) is 5.41 Å². The van der Waals surface area contributed by atoms with Crippen LogP contribution in [0.1, 0.15) is 20.3 Å². The van der Waals surface area contributed by atoms with Crippen molar-refractivity contribution in [1.29, 1.82) is 0 Å². The van der Waals surface area contributed by atoms with Gasteiger partial charge in [0.2, 0.25) is 0 Å². The van der Waals surface area contributed by atoms with Gasteiger partial charge in [0, 0.05) is 5.41 Å². The minimum Gasteiger partial charge on any atom is -0.299 e. The molecule has 0 aromatic carbocycles. The molecule has 1 aliphatic rings. The molecular formula is C9H12O. The van der Waals surface area contributed by atoms with Gasteiger partial charge in [-0.25, -0.2) is 0 Å². The van der Waals surface area contributed by atoms with Crippen LogP contribution in [0.25, 0.3) is 0 Å². The first kappa shape index (κ1) is 7.26. The van der Waals surface area contributed by atoms with E-state index in [2.05, 4.69) is 0 Å². The average molecular weight is 136 g/mol. The van der Waals surface area contributed by atoms with Crippen LogP contribution in [-0.4, -0.2) is 5.78 Å². The molecule has 0 radical (unpaired) electrons. The fourth-order valence-corrected chi connectivity index (χ4v) is 0.988. The molecule has 0 fully saturated rings. The molecule has 1 unspecified atom stereocenters. The molecule has 0 saturated heterocycles. The molecule has 0 aliphatic heterocycles. The Morgan fingerprint density at radius 2 is 2.20 bits per heavy atom. The third-order valence-corrected chi connectivity index (χ3v) is 2.06. The van der Waals surface area contributed by atoms with E-state index in [9.17, 15) is 4.79 Å². The first-order chi connectivity index (χ1) is 4.65. The van der Waals surface area contributed by atoms with Gasteiger partial charge in [0.1, 0.15) is 5.78 Å². The van der Waals surface area contributed by atoms with Crippen molar-refractivity contribution in [2.45, 2.75) is 20.3 Å². The number of hydrogen-bond acceptors (Lipinski definition) is 1. The number of Topliss-reactive ketones (excluding diaryl/α,β-unsaturated/α-hetero) is 1. The van der Waals surface area contributed by atoms with Crippen molar-refractivity contribution in [3.05, 3.63) is 24.3 Å². The maximum absolute atomic E-state index is 11.0. The van der Waals surface area contributed by atoms with Gasteiger partial charge in [0.25, 0.3) is 0 Å². The Kier molecular flexibility index (Phi) is 1.75. The molecule has 0 bridgehead atoms. The normalized spacial score (nSPS) is 30.6. The minimum absolute atomic E-state index is 0.227. The van der Waals surface area contributed by atoms with Crippen LogP contribution in [0.15, 0.2) is 24.3 Å². The van der Waals surface area contributed by atoms with Gasteiger partial charge in [-0.15, -0.1) is 0 Å². The van der Waals surface area contributed by atoms with Crippen LogP contribution < -0.4 is 0 Å². The number of ketones is 1. The molecule has 0 amide bonds. The Hall–Kier alpha value is -0.850. The highest BCUT2D eigenvalue weighted by Crippen LogP contribution is 2.27. The van der Waals surface area contributed by atoms with Crippen molar-refractivity contribution >= 4 is 5.78 Å². The summed E-state index contributed by atoms with van der Waals surface area (Å²) < 4.78 is 0. The molecule has 1 heteroatoms. The summed E-state index contributed by atoms with van der Waals surface area (Å²) in [6, 6.07) is 0. The Labute approximate surface area is 61.4 Å². The maximum atomic E-state index is 11.0. The molecule has 0 aromatic heterocycles. The van der Waals surface area contributed by atoms with E-state index < -0.39 is 0 Å². The molecule has 0 N–H and O–H groups in total. The summed E-state index contributed by atoms with van der Waals surface area (Å²) >= 11 is 0. The second-order valence-electron chi connectivity index (χ2n) is 2.97. The summed E-state index contributed by atoms with van der Waals surface area (Å²) in [7, 11) is 0. The third-order valence-electron chi connectivity index (χ3n) is 2.06. The zero-order valence-corrected chi connectivity index (χ0v) is 6.42. The number of hydrogen-bond donors (Lipinski definition) is 0. The molecule has 0 spiro atoms. The Balaban J connectivity index is 2.80. The lowest BCUT2D eigenvalue weighted by atomic mass is 9.80. The van der Waals surface area contributed by atoms with Crippen LogP contribution in [-0.2, 0) is 4.79 Å². The summed E-state index contributed by atoms with van der Waals surface area (Å²) in [5, 5.41) is 0. The molecule has 0 aromatic rings. The smallest absolute Gasteiger partial charge is 0.139 e. The van der Waals surface area contributed by atoms with Gasteiger partial charge in [-0.2, -0.15) is 0 Å². The van der Waals surface area contributed by atoms with E-state index in [1.165, 1.54) is 0 Å². The van der Waals surface area contributed by atoms with Crippen molar-refractivity contribution < 1.29 is 4.79 Å². The number of rotatable bonds is 1. The van der Waals surface area contributed by atoms with Crippen molar-refractivity contribution in [1.82, 2.24) is 0 Å². The predicted octanol–water partition coefficient (Wildman–Crippen LogP) is 2.10. The molecule has 1 aliphatic carbocycles. The molecule has 0 saturated carbocycles. The van der Waals surface area contributed by atoms with Gasteiger partial charge in [0.05, 0.1) is 0 Å². The van der Waals surface area contributed by atoms with E-state index in [1.807, 2.05) is 31.2 Å². The van der Waals surface area contributed by atoms with E-state index >= 15 is 0 Å². The fraction of sp³-hybridized carbons (Fsp3) is 0.444. The second-order valence-corrected chi connectivity index (χ2v) is 2.97. The van der Waals surface area contributed by atoms with E-state index in [1.54, 1.807) is 6.92 Å². The second kappa shape index (κ2) is 2.41. The SMILES string of the molecule is CC(=O)C1(C)C=CC=CC1. The Morgan fingerprint density at radius 1 is 1.50 bits per heavy atom. The highest BCUT2D eigenvalue weighted by Gasteiger charge is 2.25. The number of allylic oxidation sites excluding steroid dienone is 4. The van der Waals surface area contributed by atoms with Crippen LogP contribution in [0.4, 0.5) is 0 Å². The maximum Gasteiger partial charge on any atom is 0.139 e. The van der Waals surface area contributed by atoms with Crippen LogP contribution in [0.5, 0.6) is 0 Å². The topological polar surface area (TPSA) is 17.1 Å². The predicted molar refractivity (Wildman–Crippen MR) is 41.7 cm³/mol. The molecule has 1 nitrogen and oxygen atoms in total. The molecular weight excluding hydrogens is 124 g/mol. The largest absolute Gasteiger partial charge is 0.299 e. The first-order valence-electron chi connectivity index (χ1n) is 3.50. The molecule has 10 heavy (non-hydrogen) atoms. The van der Waals surface area contributed by atoms with E-state index in [0.29, 0.717) is 0 Å². The van der Waals surface area contributed by atoms with E-state index in [0.717, 1.165) is 6.42 Å². The Bertz CT molecular complexity index is 201. The standard InChI is InChI=1S/C9H12O/c1-8(10)9(2)6-4-3-5-7-9/h3-6H,7H2,1-2H3.